The lowest BCUT2D eigenvalue weighted by Crippen LogP contribution is -2.59. The van der Waals surface area contributed by atoms with E-state index in [-0.39, 0.29) is 11.8 Å². The van der Waals surface area contributed by atoms with Crippen LogP contribution in [0.4, 0.5) is 0 Å². The number of hydrogen-bond acceptors (Lipinski definition) is 3. The zero-order valence-corrected chi connectivity index (χ0v) is 17.5. The Bertz CT molecular complexity index is 893. The molecule has 0 spiro atoms. The van der Waals surface area contributed by atoms with E-state index in [1.165, 1.54) is 6.08 Å². The van der Waals surface area contributed by atoms with Crippen LogP contribution in [-0.2, 0) is 9.59 Å². The number of rotatable bonds is 6. The Labute approximate surface area is 172 Å². The molecule has 2 amide bonds. The minimum Gasteiger partial charge on any atom is -0.354 e. The highest BCUT2D eigenvalue weighted by atomic mass is 16.2. The van der Waals surface area contributed by atoms with Crippen molar-refractivity contribution in [1.29, 1.82) is 0 Å². The van der Waals surface area contributed by atoms with Gasteiger partial charge in [0, 0.05) is 23.9 Å². The maximum Gasteiger partial charge on any atom is 0.245 e. The number of nitrogens with one attached hydrogen (secondary N) is 2. The molecule has 3 rings (SSSR count). The Kier molecular flexibility index (Phi) is 6.52. The van der Waals surface area contributed by atoms with Gasteiger partial charge in [0.2, 0.25) is 11.8 Å². The molecule has 6 heteroatoms. The third-order valence-electron chi connectivity index (χ3n) is 5.59. The van der Waals surface area contributed by atoms with Crippen molar-refractivity contribution in [2.75, 3.05) is 6.54 Å². The highest BCUT2D eigenvalue weighted by Crippen LogP contribution is 2.28. The van der Waals surface area contributed by atoms with Crippen LogP contribution < -0.4 is 10.6 Å². The number of aryl methyl sites for hydroxylation is 1. The van der Waals surface area contributed by atoms with Crippen LogP contribution in [-0.4, -0.2) is 33.7 Å². The van der Waals surface area contributed by atoms with Gasteiger partial charge in [0.1, 0.15) is 5.54 Å². The summed E-state index contributed by atoms with van der Waals surface area (Å²) < 4.78 is 1.88. The standard InChI is InChI=1S/C23H30N4O2/c1-4-24-22(29)23(15-9-6-10-16-23)25-21(28)14-13-20-17(2)26-27(18(20)3)19-11-7-5-8-12-19/h5,7-8,11-14H,4,6,9-10,15-16H2,1-3H3,(H,24,29)(H,25,28)/b14-13+. The van der Waals surface area contributed by atoms with Gasteiger partial charge >= 0.3 is 0 Å². The quantitative estimate of drug-likeness (QED) is 0.737. The Morgan fingerprint density at radius 1 is 1.14 bits per heavy atom. The van der Waals surface area contributed by atoms with Gasteiger partial charge in [-0.25, -0.2) is 4.68 Å². The molecule has 154 valence electrons. The van der Waals surface area contributed by atoms with E-state index in [4.69, 9.17) is 0 Å². The molecule has 1 aromatic heterocycles. The van der Waals surface area contributed by atoms with Gasteiger partial charge in [0.25, 0.3) is 0 Å². The summed E-state index contributed by atoms with van der Waals surface area (Å²) in [5.41, 5.74) is 2.92. The predicted molar refractivity (Wildman–Crippen MR) is 115 cm³/mol. The summed E-state index contributed by atoms with van der Waals surface area (Å²) >= 11 is 0. The smallest absolute Gasteiger partial charge is 0.245 e. The summed E-state index contributed by atoms with van der Waals surface area (Å²) in [4.78, 5) is 25.3. The molecule has 1 saturated carbocycles. The predicted octanol–water partition coefficient (Wildman–Crippen LogP) is 3.46. The van der Waals surface area contributed by atoms with Gasteiger partial charge in [-0.15, -0.1) is 0 Å². The van der Waals surface area contributed by atoms with Crippen LogP contribution in [0.2, 0.25) is 0 Å². The van der Waals surface area contributed by atoms with Crippen LogP contribution >= 0.6 is 0 Å². The molecular weight excluding hydrogens is 364 g/mol. The average molecular weight is 395 g/mol. The molecule has 1 fully saturated rings. The van der Waals surface area contributed by atoms with Crippen LogP contribution in [0.3, 0.4) is 0 Å². The number of para-hydroxylation sites is 1. The van der Waals surface area contributed by atoms with Crippen molar-refractivity contribution in [2.24, 2.45) is 0 Å². The maximum absolute atomic E-state index is 12.7. The first-order valence-electron chi connectivity index (χ1n) is 10.4. The molecule has 6 nitrogen and oxygen atoms in total. The summed E-state index contributed by atoms with van der Waals surface area (Å²) in [6.45, 7) is 6.37. The van der Waals surface area contributed by atoms with Crippen molar-refractivity contribution in [1.82, 2.24) is 20.4 Å². The normalized spacial score (nSPS) is 16.0. The molecule has 1 heterocycles. The summed E-state index contributed by atoms with van der Waals surface area (Å²) in [7, 11) is 0. The maximum atomic E-state index is 12.7. The number of nitrogens with zero attached hydrogens (tertiary/aromatic N) is 2. The van der Waals surface area contributed by atoms with Crippen molar-refractivity contribution >= 4 is 17.9 Å². The highest BCUT2D eigenvalue weighted by Gasteiger charge is 2.40. The monoisotopic (exact) mass is 394 g/mol. The molecule has 2 N–H and O–H groups in total. The van der Waals surface area contributed by atoms with Gasteiger partial charge in [-0.05, 0) is 51.8 Å². The van der Waals surface area contributed by atoms with Crippen LogP contribution in [0, 0.1) is 13.8 Å². The molecule has 0 radical (unpaired) electrons. The lowest BCUT2D eigenvalue weighted by Gasteiger charge is -2.36. The summed E-state index contributed by atoms with van der Waals surface area (Å²) in [5, 5.41) is 10.5. The van der Waals surface area contributed by atoms with E-state index in [1.54, 1.807) is 6.08 Å². The summed E-state index contributed by atoms with van der Waals surface area (Å²) in [6.07, 6.45) is 7.67. The SMILES string of the molecule is CCNC(=O)C1(NC(=O)/C=C/c2c(C)nn(-c3ccccc3)c2C)CCCCC1. The number of amides is 2. The van der Waals surface area contributed by atoms with Crippen LogP contribution in [0.5, 0.6) is 0 Å². The Morgan fingerprint density at radius 3 is 2.48 bits per heavy atom. The fourth-order valence-corrected chi connectivity index (χ4v) is 4.05. The van der Waals surface area contributed by atoms with E-state index >= 15 is 0 Å². The van der Waals surface area contributed by atoms with Gasteiger partial charge in [0.05, 0.1) is 11.4 Å². The van der Waals surface area contributed by atoms with Gasteiger partial charge in [-0.3, -0.25) is 9.59 Å². The van der Waals surface area contributed by atoms with Crippen LogP contribution in [0.15, 0.2) is 36.4 Å². The Balaban J connectivity index is 1.78. The Morgan fingerprint density at radius 2 is 1.83 bits per heavy atom. The topological polar surface area (TPSA) is 76.0 Å². The first kappa shape index (κ1) is 20.8. The van der Waals surface area contributed by atoms with Gasteiger partial charge in [0.15, 0.2) is 0 Å². The molecule has 0 aliphatic heterocycles. The zero-order chi connectivity index (χ0) is 20.9. The van der Waals surface area contributed by atoms with Gasteiger partial charge in [-0.1, -0.05) is 37.5 Å². The zero-order valence-electron chi connectivity index (χ0n) is 17.5. The van der Waals surface area contributed by atoms with Crippen molar-refractivity contribution in [3.63, 3.8) is 0 Å². The molecule has 1 aromatic carbocycles. The van der Waals surface area contributed by atoms with E-state index in [0.29, 0.717) is 19.4 Å². The van der Waals surface area contributed by atoms with E-state index in [2.05, 4.69) is 15.7 Å². The van der Waals surface area contributed by atoms with E-state index in [9.17, 15) is 9.59 Å². The average Bonchev–Trinajstić information content (AvgIpc) is 3.01. The highest BCUT2D eigenvalue weighted by molar-refractivity contribution is 5.97. The molecule has 1 aliphatic carbocycles. The van der Waals surface area contributed by atoms with Crippen molar-refractivity contribution in [3.05, 3.63) is 53.4 Å². The number of aromatic nitrogens is 2. The summed E-state index contributed by atoms with van der Waals surface area (Å²) in [5.74, 6) is -0.324. The number of hydrogen-bond donors (Lipinski definition) is 2. The molecule has 0 atom stereocenters. The largest absolute Gasteiger partial charge is 0.354 e. The van der Waals surface area contributed by atoms with Crippen molar-refractivity contribution in [2.45, 2.75) is 58.4 Å². The number of benzene rings is 1. The molecule has 1 aliphatic rings. The lowest BCUT2D eigenvalue weighted by molar-refractivity contribution is -0.133. The first-order valence-corrected chi connectivity index (χ1v) is 10.4. The van der Waals surface area contributed by atoms with E-state index < -0.39 is 5.54 Å². The van der Waals surface area contributed by atoms with Crippen molar-refractivity contribution in [3.8, 4) is 5.69 Å². The second-order valence-corrected chi connectivity index (χ2v) is 7.66. The second-order valence-electron chi connectivity index (χ2n) is 7.66. The fraction of sp³-hybridized carbons (Fsp3) is 0.435. The molecular formula is C23H30N4O2. The molecule has 0 saturated heterocycles. The minimum absolute atomic E-state index is 0.0780. The van der Waals surface area contributed by atoms with Crippen LogP contribution in [0.1, 0.15) is 56.0 Å². The third kappa shape index (κ3) is 4.58. The molecule has 0 bridgehead atoms. The van der Waals surface area contributed by atoms with Crippen LogP contribution in [0.25, 0.3) is 11.8 Å². The van der Waals surface area contributed by atoms with Crippen molar-refractivity contribution < 1.29 is 9.59 Å². The number of likely N-dealkylation sites (N-methyl/N-ethyl adjacent to an activating group) is 1. The van der Waals surface area contributed by atoms with E-state index in [1.807, 2.05) is 55.8 Å². The molecule has 0 unspecified atom stereocenters. The first-order chi connectivity index (χ1) is 14.0. The summed E-state index contributed by atoms with van der Waals surface area (Å²) in [6, 6.07) is 9.91. The number of carbonyl (C=O) groups excluding carboxylic acids is 2. The molecule has 2 aromatic rings. The van der Waals surface area contributed by atoms with Gasteiger partial charge in [-0.2, -0.15) is 5.10 Å². The second kappa shape index (κ2) is 9.07. The minimum atomic E-state index is -0.798. The molecule has 29 heavy (non-hydrogen) atoms. The third-order valence-corrected chi connectivity index (χ3v) is 5.59. The number of carbonyl (C=O) groups is 2. The van der Waals surface area contributed by atoms with Gasteiger partial charge < -0.3 is 10.6 Å². The lowest BCUT2D eigenvalue weighted by atomic mass is 9.80. The fourth-order valence-electron chi connectivity index (χ4n) is 4.05. The Hall–Kier alpha value is -2.89. The van der Waals surface area contributed by atoms with E-state index in [0.717, 1.165) is 41.9 Å².